The van der Waals surface area contributed by atoms with E-state index in [9.17, 15) is 9.90 Å². The monoisotopic (exact) mass is 314 g/mol. The Morgan fingerprint density at radius 1 is 1.47 bits per heavy atom. The quantitative estimate of drug-likeness (QED) is 0.866. The van der Waals surface area contributed by atoms with Gasteiger partial charge in [-0.3, -0.25) is 9.36 Å². The van der Waals surface area contributed by atoms with Crippen LogP contribution in [-0.4, -0.2) is 14.7 Å². The molecule has 0 saturated carbocycles. The number of phenolic OH excluding ortho intramolecular Hbond substituents is 1. The minimum absolute atomic E-state index is 0.141. The summed E-state index contributed by atoms with van der Waals surface area (Å²) in [5.41, 5.74) is 0.552. The van der Waals surface area contributed by atoms with Crippen LogP contribution >= 0.6 is 27.5 Å². The SMILES string of the molecule is O=c1c(Br)c(Cl)ncn1Cc1cccc(O)c1. The van der Waals surface area contributed by atoms with Crippen LogP contribution in [0.2, 0.25) is 5.15 Å². The predicted octanol–water partition coefficient (Wildman–Crippen LogP) is 2.41. The number of benzene rings is 1. The summed E-state index contributed by atoms with van der Waals surface area (Å²) in [6, 6.07) is 6.69. The third kappa shape index (κ3) is 2.68. The first-order valence-corrected chi connectivity index (χ1v) is 5.93. The lowest BCUT2D eigenvalue weighted by Gasteiger charge is -2.06. The Morgan fingerprint density at radius 2 is 2.24 bits per heavy atom. The number of halogens is 2. The number of phenols is 1. The molecule has 0 unspecified atom stereocenters. The maximum atomic E-state index is 11.8. The van der Waals surface area contributed by atoms with Crippen LogP contribution in [0.1, 0.15) is 5.56 Å². The van der Waals surface area contributed by atoms with Crippen LogP contribution in [-0.2, 0) is 6.54 Å². The van der Waals surface area contributed by atoms with E-state index in [0.29, 0.717) is 6.54 Å². The summed E-state index contributed by atoms with van der Waals surface area (Å²) in [5, 5.41) is 9.47. The zero-order chi connectivity index (χ0) is 12.4. The maximum Gasteiger partial charge on any atom is 0.269 e. The molecule has 0 bridgehead atoms. The van der Waals surface area contributed by atoms with Crippen LogP contribution in [0, 0.1) is 0 Å². The highest BCUT2D eigenvalue weighted by Crippen LogP contribution is 2.15. The summed E-state index contributed by atoms with van der Waals surface area (Å²) >= 11 is 8.78. The lowest BCUT2D eigenvalue weighted by molar-refractivity contribution is 0.474. The molecule has 0 fully saturated rings. The van der Waals surface area contributed by atoms with Gasteiger partial charge in [-0.2, -0.15) is 0 Å². The summed E-state index contributed by atoms with van der Waals surface area (Å²) in [6.45, 7) is 0.329. The summed E-state index contributed by atoms with van der Waals surface area (Å²) in [5.74, 6) is 0.163. The van der Waals surface area contributed by atoms with Gasteiger partial charge in [-0.15, -0.1) is 0 Å². The van der Waals surface area contributed by atoms with Crippen LogP contribution in [0.15, 0.2) is 39.9 Å². The lowest BCUT2D eigenvalue weighted by atomic mass is 10.2. The molecule has 0 saturated heterocycles. The standard InChI is InChI=1S/C11H8BrClN2O2/c12-9-10(13)14-6-15(11(9)17)5-7-2-1-3-8(16)4-7/h1-4,6,16H,5H2. The molecule has 6 heteroatoms. The molecule has 0 atom stereocenters. The number of hydrogen-bond donors (Lipinski definition) is 1. The number of rotatable bonds is 2. The fourth-order valence-corrected chi connectivity index (χ4v) is 1.86. The van der Waals surface area contributed by atoms with Gasteiger partial charge in [-0.25, -0.2) is 4.98 Å². The molecule has 0 spiro atoms. The lowest BCUT2D eigenvalue weighted by Crippen LogP contribution is -2.21. The van der Waals surface area contributed by atoms with E-state index in [1.807, 2.05) is 6.07 Å². The van der Waals surface area contributed by atoms with Crippen molar-refractivity contribution < 1.29 is 5.11 Å². The van der Waals surface area contributed by atoms with Crippen molar-refractivity contribution in [3.05, 3.63) is 56.1 Å². The van der Waals surface area contributed by atoms with Gasteiger partial charge in [0.1, 0.15) is 10.2 Å². The van der Waals surface area contributed by atoms with E-state index in [4.69, 9.17) is 11.6 Å². The summed E-state index contributed by atoms with van der Waals surface area (Å²) in [6.07, 6.45) is 1.37. The van der Waals surface area contributed by atoms with Crippen LogP contribution in [0.5, 0.6) is 5.75 Å². The van der Waals surface area contributed by atoms with Gasteiger partial charge >= 0.3 is 0 Å². The van der Waals surface area contributed by atoms with E-state index in [0.717, 1.165) is 5.56 Å². The van der Waals surface area contributed by atoms with Crippen LogP contribution in [0.3, 0.4) is 0 Å². The predicted molar refractivity (Wildman–Crippen MR) is 68.4 cm³/mol. The number of aromatic nitrogens is 2. The molecule has 2 aromatic rings. The first-order valence-electron chi connectivity index (χ1n) is 4.76. The van der Waals surface area contributed by atoms with Crippen molar-refractivity contribution in [2.24, 2.45) is 0 Å². The van der Waals surface area contributed by atoms with Crippen LogP contribution in [0.4, 0.5) is 0 Å². The van der Waals surface area contributed by atoms with Crippen molar-refractivity contribution in [1.82, 2.24) is 9.55 Å². The molecule has 1 aromatic heterocycles. The van der Waals surface area contributed by atoms with E-state index in [1.54, 1.807) is 18.2 Å². The van der Waals surface area contributed by atoms with Gasteiger partial charge in [0.05, 0.1) is 12.9 Å². The number of hydrogen-bond acceptors (Lipinski definition) is 3. The molecule has 0 amide bonds. The topological polar surface area (TPSA) is 55.1 Å². The molecule has 4 nitrogen and oxygen atoms in total. The van der Waals surface area contributed by atoms with Crippen LogP contribution in [0.25, 0.3) is 0 Å². The molecule has 0 radical (unpaired) electrons. The minimum Gasteiger partial charge on any atom is -0.508 e. The highest BCUT2D eigenvalue weighted by molar-refractivity contribution is 9.10. The highest BCUT2D eigenvalue weighted by atomic mass is 79.9. The van der Waals surface area contributed by atoms with Crippen molar-refractivity contribution in [2.45, 2.75) is 6.54 Å². The van der Waals surface area contributed by atoms with Crippen molar-refractivity contribution in [3.8, 4) is 5.75 Å². The Labute approximate surface area is 111 Å². The second-order valence-electron chi connectivity index (χ2n) is 3.45. The molecule has 17 heavy (non-hydrogen) atoms. The van der Waals surface area contributed by atoms with Crippen LogP contribution < -0.4 is 5.56 Å². The fourth-order valence-electron chi connectivity index (χ4n) is 1.41. The van der Waals surface area contributed by atoms with Crippen molar-refractivity contribution in [1.29, 1.82) is 0 Å². The molecule has 1 N–H and O–H groups in total. The Hall–Kier alpha value is -1.33. The van der Waals surface area contributed by atoms with Gasteiger partial charge in [0.15, 0.2) is 5.15 Å². The van der Waals surface area contributed by atoms with E-state index < -0.39 is 0 Å². The molecule has 0 aliphatic heterocycles. The first kappa shape index (κ1) is 12.1. The summed E-state index contributed by atoms with van der Waals surface area (Å²) in [7, 11) is 0. The normalized spacial score (nSPS) is 10.5. The number of nitrogens with zero attached hydrogens (tertiary/aromatic N) is 2. The van der Waals surface area contributed by atoms with Crippen molar-refractivity contribution >= 4 is 27.5 Å². The molecule has 2 rings (SSSR count). The Morgan fingerprint density at radius 3 is 2.94 bits per heavy atom. The van der Waals surface area contributed by atoms with Gasteiger partial charge in [0.25, 0.3) is 5.56 Å². The van der Waals surface area contributed by atoms with Gasteiger partial charge in [0.2, 0.25) is 0 Å². The highest BCUT2D eigenvalue weighted by Gasteiger charge is 2.07. The Bertz CT molecular complexity index is 613. The zero-order valence-corrected chi connectivity index (χ0v) is 10.9. The zero-order valence-electron chi connectivity index (χ0n) is 8.60. The summed E-state index contributed by atoms with van der Waals surface area (Å²) < 4.78 is 1.65. The first-order chi connectivity index (χ1) is 8.08. The maximum absolute atomic E-state index is 11.8. The third-order valence-corrected chi connectivity index (χ3v) is 3.43. The van der Waals surface area contributed by atoms with Gasteiger partial charge in [-0.05, 0) is 33.6 Å². The van der Waals surface area contributed by atoms with E-state index >= 15 is 0 Å². The molecular weight excluding hydrogens is 307 g/mol. The largest absolute Gasteiger partial charge is 0.508 e. The summed E-state index contributed by atoms with van der Waals surface area (Å²) in [4.78, 5) is 15.7. The molecule has 0 aliphatic carbocycles. The Kier molecular flexibility index (Phi) is 3.49. The second-order valence-corrected chi connectivity index (χ2v) is 4.60. The smallest absolute Gasteiger partial charge is 0.269 e. The molecule has 0 aliphatic rings. The Balaban J connectivity index is 2.37. The number of aromatic hydroxyl groups is 1. The minimum atomic E-state index is -0.256. The molecular formula is C11H8BrClN2O2. The van der Waals surface area contributed by atoms with Gasteiger partial charge in [-0.1, -0.05) is 23.7 Å². The van der Waals surface area contributed by atoms with Crippen molar-refractivity contribution in [3.63, 3.8) is 0 Å². The second kappa shape index (κ2) is 4.89. The van der Waals surface area contributed by atoms with Crippen molar-refractivity contribution in [2.75, 3.05) is 0 Å². The van der Waals surface area contributed by atoms with Gasteiger partial charge in [0, 0.05) is 0 Å². The van der Waals surface area contributed by atoms with Gasteiger partial charge < -0.3 is 5.11 Å². The van der Waals surface area contributed by atoms with E-state index in [-0.39, 0.29) is 20.9 Å². The average molecular weight is 316 g/mol. The van der Waals surface area contributed by atoms with E-state index in [1.165, 1.54) is 10.9 Å². The molecule has 1 aromatic carbocycles. The molecule has 88 valence electrons. The third-order valence-electron chi connectivity index (χ3n) is 2.20. The van der Waals surface area contributed by atoms with E-state index in [2.05, 4.69) is 20.9 Å². The fraction of sp³-hybridized carbons (Fsp3) is 0.0909. The molecule has 1 heterocycles. The average Bonchev–Trinajstić information content (AvgIpc) is 2.30.